The average Bonchev–Trinajstić information content (AvgIpc) is 1.86. The van der Waals surface area contributed by atoms with Gasteiger partial charge in [-0.2, -0.15) is 5.10 Å². The van der Waals surface area contributed by atoms with Crippen LogP contribution in [-0.2, 0) is 0 Å². The van der Waals surface area contributed by atoms with E-state index in [1.807, 2.05) is 4.78 Å². The summed E-state index contributed by atoms with van der Waals surface area (Å²) in [6, 6.07) is 0. The minimum absolute atomic E-state index is 0.742. The van der Waals surface area contributed by atoms with Crippen molar-refractivity contribution in [3.05, 3.63) is 0 Å². The Kier molecular flexibility index (Phi) is 2.19. The van der Waals surface area contributed by atoms with Gasteiger partial charge in [-0.1, -0.05) is 0 Å². The highest BCUT2D eigenvalue weighted by molar-refractivity contribution is 6.73. The molecule has 0 aliphatic carbocycles. The zero-order chi connectivity index (χ0) is 8.48. The predicted octanol–water partition coefficient (Wildman–Crippen LogP) is 0.304. The summed E-state index contributed by atoms with van der Waals surface area (Å²) in [5, 5.41) is 4.23. The van der Waals surface area contributed by atoms with Gasteiger partial charge in [0.1, 0.15) is 5.84 Å². The molecular formula is C6H16N4Si. The molecule has 3 N–H and O–H groups in total. The van der Waals surface area contributed by atoms with Crippen LogP contribution in [0.2, 0.25) is 19.6 Å². The van der Waals surface area contributed by atoms with Crippen molar-refractivity contribution in [3.63, 3.8) is 0 Å². The first-order valence-corrected chi connectivity index (χ1v) is 7.31. The van der Waals surface area contributed by atoms with Crippen molar-refractivity contribution < 1.29 is 0 Å². The summed E-state index contributed by atoms with van der Waals surface area (Å²) in [5.41, 5.74) is 8.83. The lowest BCUT2D eigenvalue weighted by Crippen LogP contribution is -2.54. The Morgan fingerprint density at radius 1 is 1.55 bits per heavy atom. The number of nitrogens with zero attached hydrogens (tertiary/aromatic N) is 2. The molecule has 0 aromatic heterocycles. The average molecular weight is 172 g/mol. The van der Waals surface area contributed by atoms with Gasteiger partial charge in [-0.15, -0.1) is 0 Å². The van der Waals surface area contributed by atoms with Crippen molar-refractivity contribution in [2.45, 2.75) is 26.1 Å². The maximum absolute atomic E-state index is 5.61. The smallest absolute Gasteiger partial charge is 0.192 e. The lowest BCUT2D eigenvalue weighted by Gasteiger charge is -2.34. The second-order valence-electron chi connectivity index (χ2n) is 3.73. The molecular weight excluding hydrogens is 156 g/mol. The van der Waals surface area contributed by atoms with Crippen LogP contribution in [0.15, 0.2) is 5.10 Å². The van der Waals surface area contributed by atoms with E-state index in [0.29, 0.717) is 0 Å². The Bertz CT molecular complexity index is 172. The molecule has 4 nitrogen and oxygen atoms in total. The standard InChI is InChI=1S/C6H16N4Si/c1-11(2,3)10-8-5-4-6(7)9-10/h8H,4-5H2,1-3H3,(H2,7,9). The fourth-order valence-corrected chi connectivity index (χ4v) is 1.91. The highest BCUT2D eigenvalue weighted by Crippen LogP contribution is 2.08. The van der Waals surface area contributed by atoms with Crippen molar-refractivity contribution in [2.75, 3.05) is 6.54 Å². The minimum Gasteiger partial charge on any atom is -0.386 e. The van der Waals surface area contributed by atoms with Crippen molar-refractivity contribution in [2.24, 2.45) is 10.8 Å². The molecule has 0 bridgehead atoms. The molecule has 0 radical (unpaired) electrons. The molecule has 0 saturated carbocycles. The van der Waals surface area contributed by atoms with E-state index in [2.05, 4.69) is 30.2 Å². The van der Waals surface area contributed by atoms with Crippen LogP contribution in [-0.4, -0.2) is 25.4 Å². The van der Waals surface area contributed by atoms with Crippen LogP contribution in [0.1, 0.15) is 6.42 Å². The number of nitrogens with one attached hydrogen (secondary N) is 1. The first-order valence-electron chi connectivity index (χ1n) is 3.87. The van der Waals surface area contributed by atoms with Crippen LogP contribution in [0, 0.1) is 0 Å². The van der Waals surface area contributed by atoms with Gasteiger partial charge in [0.15, 0.2) is 8.24 Å². The summed E-state index contributed by atoms with van der Waals surface area (Å²) in [6.07, 6.45) is 0.862. The van der Waals surface area contributed by atoms with Crippen LogP contribution in [0.25, 0.3) is 0 Å². The lowest BCUT2D eigenvalue weighted by molar-refractivity contribution is 0.314. The van der Waals surface area contributed by atoms with E-state index in [1.54, 1.807) is 0 Å². The molecule has 5 heteroatoms. The number of rotatable bonds is 1. The number of hydrogen-bond acceptors (Lipinski definition) is 4. The van der Waals surface area contributed by atoms with E-state index in [-0.39, 0.29) is 0 Å². The third kappa shape index (κ3) is 2.20. The highest BCUT2D eigenvalue weighted by Gasteiger charge is 2.24. The second-order valence-corrected chi connectivity index (χ2v) is 8.50. The van der Waals surface area contributed by atoms with E-state index in [1.165, 1.54) is 0 Å². The third-order valence-corrected chi connectivity index (χ3v) is 3.04. The first kappa shape index (κ1) is 8.54. The van der Waals surface area contributed by atoms with Crippen molar-refractivity contribution in [1.29, 1.82) is 0 Å². The molecule has 0 spiro atoms. The number of hydrazone groups is 1. The molecule has 11 heavy (non-hydrogen) atoms. The maximum Gasteiger partial charge on any atom is 0.192 e. The van der Waals surface area contributed by atoms with Crippen LogP contribution < -0.4 is 11.2 Å². The van der Waals surface area contributed by atoms with Gasteiger partial charge in [-0.05, 0) is 19.6 Å². The topological polar surface area (TPSA) is 53.6 Å². The van der Waals surface area contributed by atoms with Gasteiger partial charge < -0.3 is 5.73 Å². The summed E-state index contributed by atoms with van der Waals surface area (Å²) in [5.74, 6) is 0.742. The molecule has 0 aromatic rings. The number of hydrogen-bond donors (Lipinski definition) is 2. The van der Waals surface area contributed by atoms with E-state index < -0.39 is 8.24 Å². The lowest BCUT2D eigenvalue weighted by atomic mass is 10.4. The molecule has 0 saturated heterocycles. The molecule has 0 unspecified atom stereocenters. The quantitative estimate of drug-likeness (QED) is 0.560. The Balaban J connectivity index is 2.67. The van der Waals surface area contributed by atoms with Gasteiger partial charge >= 0.3 is 0 Å². The van der Waals surface area contributed by atoms with Gasteiger partial charge in [0, 0.05) is 13.0 Å². The molecule has 1 rings (SSSR count). The summed E-state index contributed by atoms with van der Waals surface area (Å²) < 4.78 is 0. The van der Waals surface area contributed by atoms with E-state index in [4.69, 9.17) is 5.73 Å². The van der Waals surface area contributed by atoms with Gasteiger partial charge in [-0.3, -0.25) is 4.78 Å². The molecule has 0 amide bonds. The predicted molar refractivity (Wildman–Crippen MR) is 49.4 cm³/mol. The molecule has 0 fully saturated rings. The number of amidine groups is 1. The fraction of sp³-hybridized carbons (Fsp3) is 0.833. The molecule has 1 aliphatic rings. The van der Waals surface area contributed by atoms with Crippen LogP contribution >= 0.6 is 0 Å². The van der Waals surface area contributed by atoms with E-state index >= 15 is 0 Å². The van der Waals surface area contributed by atoms with Crippen molar-refractivity contribution >= 4 is 14.1 Å². The molecule has 0 atom stereocenters. The van der Waals surface area contributed by atoms with Gasteiger partial charge in [0.2, 0.25) is 0 Å². The van der Waals surface area contributed by atoms with Crippen molar-refractivity contribution in [3.8, 4) is 0 Å². The summed E-state index contributed by atoms with van der Waals surface area (Å²) >= 11 is 0. The minimum atomic E-state index is -1.34. The summed E-state index contributed by atoms with van der Waals surface area (Å²) in [6.45, 7) is 7.59. The van der Waals surface area contributed by atoms with Crippen LogP contribution in [0.5, 0.6) is 0 Å². The molecule has 1 aliphatic heterocycles. The van der Waals surface area contributed by atoms with E-state index in [9.17, 15) is 0 Å². The SMILES string of the molecule is C[Si](C)(C)N1N=C(N)CCN1. The Hall–Kier alpha value is -0.553. The van der Waals surface area contributed by atoms with Gasteiger partial charge in [0.05, 0.1) is 0 Å². The highest BCUT2D eigenvalue weighted by atomic mass is 28.3. The molecule has 1 heterocycles. The van der Waals surface area contributed by atoms with Gasteiger partial charge in [-0.25, -0.2) is 5.43 Å². The number of hydrazine groups is 1. The Labute approximate surface area is 68.5 Å². The number of nitrogens with two attached hydrogens (primary N) is 1. The maximum atomic E-state index is 5.61. The zero-order valence-electron chi connectivity index (χ0n) is 7.39. The third-order valence-electron chi connectivity index (χ3n) is 1.51. The van der Waals surface area contributed by atoms with Gasteiger partial charge in [0.25, 0.3) is 0 Å². The van der Waals surface area contributed by atoms with E-state index in [0.717, 1.165) is 18.8 Å². The normalized spacial score (nSPS) is 19.9. The Morgan fingerprint density at radius 2 is 2.18 bits per heavy atom. The monoisotopic (exact) mass is 172 g/mol. The summed E-state index contributed by atoms with van der Waals surface area (Å²) in [4.78, 5) is 1.95. The first-order chi connectivity index (χ1) is 5.00. The zero-order valence-corrected chi connectivity index (χ0v) is 8.39. The Morgan fingerprint density at radius 3 is 2.55 bits per heavy atom. The molecule has 0 aromatic carbocycles. The molecule has 64 valence electrons. The fourth-order valence-electron chi connectivity index (χ4n) is 0.891. The van der Waals surface area contributed by atoms with Crippen LogP contribution in [0.3, 0.4) is 0 Å². The summed E-state index contributed by atoms with van der Waals surface area (Å²) in [7, 11) is -1.34. The largest absolute Gasteiger partial charge is 0.386 e. The second kappa shape index (κ2) is 2.82. The van der Waals surface area contributed by atoms with Crippen molar-refractivity contribution in [1.82, 2.24) is 10.2 Å². The van der Waals surface area contributed by atoms with Crippen LogP contribution in [0.4, 0.5) is 0 Å².